The highest BCUT2D eigenvalue weighted by atomic mass is 32.1. The summed E-state index contributed by atoms with van der Waals surface area (Å²) in [4.78, 5) is 3.16. The van der Waals surface area contributed by atoms with E-state index in [1.165, 1.54) is 13.1 Å². The van der Waals surface area contributed by atoms with Crippen molar-refractivity contribution in [2.24, 2.45) is 17.6 Å². The van der Waals surface area contributed by atoms with Crippen molar-refractivity contribution in [1.29, 1.82) is 0 Å². The zero-order chi connectivity index (χ0) is 11.8. The lowest BCUT2D eigenvalue weighted by atomic mass is 10.1. The van der Waals surface area contributed by atoms with Crippen LogP contribution in [-0.2, 0) is 0 Å². The molecule has 0 aromatic carbocycles. The summed E-state index contributed by atoms with van der Waals surface area (Å²) in [6, 6.07) is 0. The number of nitrogens with two attached hydrogens (primary N) is 1. The predicted octanol–water partition coefficient (Wildman–Crippen LogP) is 2.67. The Morgan fingerprint density at radius 2 is 1.60 bits per heavy atom. The van der Waals surface area contributed by atoms with Crippen LogP contribution in [0, 0.1) is 11.8 Å². The third-order valence-electron chi connectivity index (χ3n) is 2.14. The zero-order valence-corrected chi connectivity index (χ0v) is 11.4. The number of hydrogen-bond acceptors (Lipinski definition) is 2. The summed E-state index contributed by atoms with van der Waals surface area (Å²) in [5.41, 5.74) is 5.49. The van der Waals surface area contributed by atoms with E-state index < -0.39 is 0 Å². The van der Waals surface area contributed by atoms with Crippen LogP contribution in [0.5, 0.6) is 0 Å². The van der Waals surface area contributed by atoms with Gasteiger partial charge in [0, 0.05) is 13.1 Å². The molecule has 0 amide bonds. The molecule has 0 aromatic heterocycles. The largest absolute Gasteiger partial charge is 0.393 e. The molecule has 0 aliphatic carbocycles. The van der Waals surface area contributed by atoms with E-state index in [1.54, 1.807) is 0 Å². The Morgan fingerprint density at radius 3 is 1.93 bits per heavy atom. The maximum Gasteiger partial charge on any atom is 0.0727 e. The molecule has 15 heavy (non-hydrogen) atoms. The van der Waals surface area contributed by atoms with Gasteiger partial charge in [-0.1, -0.05) is 39.9 Å². The maximum atomic E-state index is 5.49. The zero-order valence-electron chi connectivity index (χ0n) is 10.6. The minimum Gasteiger partial charge on any atom is -0.393 e. The summed E-state index contributed by atoms with van der Waals surface area (Å²) >= 11 is 4.88. The van der Waals surface area contributed by atoms with E-state index in [0.29, 0.717) is 4.99 Å². The van der Waals surface area contributed by atoms with Crippen molar-refractivity contribution >= 4 is 17.2 Å². The number of rotatable bonds is 8. The lowest BCUT2D eigenvalue weighted by Gasteiger charge is -2.25. The first kappa shape index (κ1) is 14.8. The Bertz CT molecular complexity index is 168. The third-order valence-corrected chi connectivity index (χ3v) is 2.35. The van der Waals surface area contributed by atoms with Crippen molar-refractivity contribution in [2.45, 2.75) is 40.5 Å². The molecule has 0 aromatic rings. The fourth-order valence-corrected chi connectivity index (χ4v) is 1.91. The molecule has 0 radical (unpaired) electrons. The summed E-state index contributed by atoms with van der Waals surface area (Å²) in [5, 5.41) is 0. The highest BCUT2D eigenvalue weighted by Gasteiger charge is 2.08. The summed E-state index contributed by atoms with van der Waals surface area (Å²) in [6.07, 6.45) is 1.97. The molecular formula is C12H26N2S. The van der Waals surface area contributed by atoms with Crippen LogP contribution < -0.4 is 5.73 Å². The van der Waals surface area contributed by atoms with E-state index in [1.807, 2.05) is 0 Å². The minimum atomic E-state index is 0.643. The smallest absolute Gasteiger partial charge is 0.0727 e. The number of thiocarbonyl (C=S) groups is 1. The molecule has 0 unspecified atom stereocenters. The lowest BCUT2D eigenvalue weighted by Crippen LogP contribution is -2.32. The van der Waals surface area contributed by atoms with Gasteiger partial charge in [0.05, 0.1) is 4.99 Å². The van der Waals surface area contributed by atoms with Crippen molar-refractivity contribution < 1.29 is 0 Å². The molecule has 90 valence electrons. The third kappa shape index (κ3) is 10.1. The van der Waals surface area contributed by atoms with E-state index in [4.69, 9.17) is 18.0 Å². The molecule has 0 heterocycles. The van der Waals surface area contributed by atoms with Crippen LogP contribution in [0.1, 0.15) is 40.5 Å². The van der Waals surface area contributed by atoms with Crippen LogP contribution >= 0.6 is 12.2 Å². The van der Waals surface area contributed by atoms with Gasteiger partial charge in [0.25, 0.3) is 0 Å². The molecule has 2 N–H and O–H groups in total. The summed E-state index contributed by atoms with van der Waals surface area (Å²) in [7, 11) is 0. The molecule has 0 rings (SSSR count). The van der Waals surface area contributed by atoms with Crippen LogP contribution in [0.25, 0.3) is 0 Å². The maximum absolute atomic E-state index is 5.49. The van der Waals surface area contributed by atoms with Crippen LogP contribution in [0.4, 0.5) is 0 Å². The van der Waals surface area contributed by atoms with E-state index in [-0.39, 0.29) is 0 Å². The topological polar surface area (TPSA) is 29.3 Å². The van der Waals surface area contributed by atoms with Gasteiger partial charge in [-0.25, -0.2) is 0 Å². The van der Waals surface area contributed by atoms with Gasteiger partial charge in [-0.2, -0.15) is 0 Å². The Kier molecular flexibility index (Phi) is 7.97. The van der Waals surface area contributed by atoms with E-state index in [9.17, 15) is 0 Å². The normalized spacial score (nSPS) is 11.7. The van der Waals surface area contributed by atoms with Gasteiger partial charge >= 0.3 is 0 Å². The van der Waals surface area contributed by atoms with Gasteiger partial charge < -0.3 is 10.6 Å². The second-order valence-electron chi connectivity index (χ2n) is 5.12. The molecule has 0 fully saturated rings. The molecular weight excluding hydrogens is 204 g/mol. The molecule has 0 bridgehead atoms. The summed E-state index contributed by atoms with van der Waals surface area (Å²) in [5.74, 6) is 1.46. The number of nitrogens with zero attached hydrogens (tertiary/aromatic N) is 1. The first-order chi connectivity index (χ1) is 6.91. The molecule has 2 nitrogen and oxygen atoms in total. The van der Waals surface area contributed by atoms with Gasteiger partial charge in [-0.15, -0.1) is 0 Å². The second kappa shape index (κ2) is 8.05. The SMILES string of the molecule is CC(C)CN(CCCC(N)=S)CC(C)C. The Morgan fingerprint density at radius 1 is 1.13 bits per heavy atom. The fraction of sp³-hybridized carbons (Fsp3) is 0.917. The standard InChI is InChI=1S/C12H26N2S/c1-10(2)8-14(9-11(3)4)7-5-6-12(13)15/h10-11H,5-9H2,1-4H3,(H2,13,15). The average Bonchev–Trinajstić information content (AvgIpc) is 2.00. The van der Waals surface area contributed by atoms with Gasteiger partial charge in [0.2, 0.25) is 0 Å². The van der Waals surface area contributed by atoms with Gasteiger partial charge in [0.1, 0.15) is 0 Å². The monoisotopic (exact) mass is 230 g/mol. The van der Waals surface area contributed by atoms with Crippen molar-refractivity contribution in [3.05, 3.63) is 0 Å². The van der Waals surface area contributed by atoms with Crippen LogP contribution in [0.3, 0.4) is 0 Å². The molecule has 0 atom stereocenters. The molecule has 0 aliphatic rings. The Hall–Kier alpha value is -0.150. The quantitative estimate of drug-likeness (QED) is 0.650. The molecule has 0 spiro atoms. The molecule has 3 heteroatoms. The van der Waals surface area contributed by atoms with Gasteiger partial charge in [0.15, 0.2) is 0 Å². The first-order valence-electron chi connectivity index (χ1n) is 5.92. The predicted molar refractivity (Wildman–Crippen MR) is 72.1 cm³/mol. The van der Waals surface area contributed by atoms with Gasteiger partial charge in [-0.05, 0) is 31.2 Å². The minimum absolute atomic E-state index is 0.643. The van der Waals surface area contributed by atoms with Gasteiger partial charge in [-0.3, -0.25) is 0 Å². The highest BCUT2D eigenvalue weighted by Crippen LogP contribution is 2.05. The molecule has 0 aliphatic heterocycles. The molecule has 0 saturated carbocycles. The van der Waals surface area contributed by atoms with Crippen molar-refractivity contribution in [3.63, 3.8) is 0 Å². The van der Waals surface area contributed by atoms with E-state index >= 15 is 0 Å². The summed E-state index contributed by atoms with van der Waals surface area (Å²) < 4.78 is 0. The van der Waals surface area contributed by atoms with Crippen LogP contribution in [0.15, 0.2) is 0 Å². The molecule has 0 saturated heterocycles. The van der Waals surface area contributed by atoms with E-state index in [2.05, 4.69) is 32.6 Å². The van der Waals surface area contributed by atoms with Crippen LogP contribution in [-0.4, -0.2) is 29.5 Å². The lowest BCUT2D eigenvalue weighted by molar-refractivity contribution is 0.218. The second-order valence-corrected chi connectivity index (χ2v) is 5.64. The average molecular weight is 230 g/mol. The summed E-state index contributed by atoms with van der Waals surface area (Å²) in [6.45, 7) is 12.5. The Balaban J connectivity index is 3.84. The van der Waals surface area contributed by atoms with Crippen molar-refractivity contribution in [2.75, 3.05) is 19.6 Å². The van der Waals surface area contributed by atoms with E-state index in [0.717, 1.165) is 31.2 Å². The first-order valence-corrected chi connectivity index (χ1v) is 6.33. The Labute approximate surface area is 100 Å². The van der Waals surface area contributed by atoms with Crippen LogP contribution in [0.2, 0.25) is 0 Å². The number of hydrogen-bond donors (Lipinski definition) is 1. The highest BCUT2D eigenvalue weighted by molar-refractivity contribution is 7.80. The van der Waals surface area contributed by atoms with Crippen molar-refractivity contribution in [3.8, 4) is 0 Å². The van der Waals surface area contributed by atoms with Crippen molar-refractivity contribution in [1.82, 2.24) is 4.90 Å². The fourth-order valence-electron chi connectivity index (χ4n) is 1.77.